The third-order valence-corrected chi connectivity index (χ3v) is 6.64. The van der Waals surface area contributed by atoms with E-state index in [0.717, 1.165) is 16.6 Å². The molecule has 3 aromatic rings. The van der Waals surface area contributed by atoms with E-state index >= 15 is 0 Å². The van der Waals surface area contributed by atoms with Crippen molar-refractivity contribution in [1.82, 2.24) is 4.98 Å². The quantitative estimate of drug-likeness (QED) is 0.507. The Morgan fingerprint density at radius 1 is 1.04 bits per heavy atom. The zero-order valence-electron chi connectivity index (χ0n) is 16.3. The molecule has 1 aromatic heterocycles. The normalized spacial score (nSPS) is 12.8. The molecule has 2 aromatic carbocycles. The first-order chi connectivity index (χ1) is 13.5. The van der Waals surface area contributed by atoms with E-state index in [4.69, 9.17) is 9.05 Å². The molecular weight excluding hydrogens is 375 g/mol. The van der Waals surface area contributed by atoms with E-state index in [1.165, 1.54) is 0 Å². The van der Waals surface area contributed by atoms with E-state index in [1.807, 2.05) is 55.5 Å². The number of anilines is 1. The highest BCUT2D eigenvalue weighted by molar-refractivity contribution is 7.54. The van der Waals surface area contributed by atoms with Gasteiger partial charge in [0.15, 0.2) is 5.78 Å². The summed E-state index contributed by atoms with van der Waals surface area (Å²) in [6, 6.07) is 16.8. The number of rotatable bonds is 8. The standard InChI is InChI=1S/C21H25N2O4P/c1-4-26-28(25,27-5-2)21(22-17-12-10-15(3)11-13-17)18-14-16-8-6-7-9-19(16)23-20(18)24/h6-14,21-22H,4-5H2,1-3H3,(H,23,24). The van der Waals surface area contributed by atoms with Gasteiger partial charge >= 0.3 is 7.60 Å². The zero-order chi connectivity index (χ0) is 20.1. The second-order valence-corrected chi connectivity index (χ2v) is 8.54. The van der Waals surface area contributed by atoms with E-state index in [0.29, 0.717) is 11.1 Å². The minimum Gasteiger partial charge on any atom is -0.368 e. The lowest BCUT2D eigenvalue weighted by Gasteiger charge is -2.28. The fourth-order valence-electron chi connectivity index (χ4n) is 3.05. The van der Waals surface area contributed by atoms with Crippen molar-refractivity contribution in [1.29, 1.82) is 0 Å². The van der Waals surface area contributed by atoms with Crippen LogP contribution in [0.15, 0.2) is 59.4 Å². The molecule has 0 aliphatic rings. The largest absolute Gasteiger partial charge is 0.368 e. The molecule has 0 aliphatic heterocycles. The number of aromatic nitrogens is 1. The topological polar surface area (TPSA) is 80.4 Å². The highest BCUT2D eigenvalue weighted by atomic mass is 31.2. The molecule has 0 spiro atoms. The summed E-state index contributed by atoms with van der Waals surface area (Å²) in [5, 5.41) is 4.05. The van der Waals surface area contributed by atoms with Crippen LogP contribution in [-0.4, -0.2) is 18.2 Å². The van der Waals surface area contributed by atoms with Gasteiger partial charge in [-0.1, -0.05) is 35.9 Å². The van der Waals surface area contributed by atoms with Gasteiger partial charge in [-0.15, -0.1) is 0 Å². The summed E-state index contributed by atoms with van der Waals surface area (Å²) in [5.74, 6) is -0.941. The van der Waals surface area contributed by atoms with Crippen molar-refractivity contribution in [3.63, 3.8) is 0 Å². The molecule has 0 aliphatic carbocycles. The number of hydrogen-bond acceptors (Lipinski definition) is 5. The highest BCUT2D eigenvalue weighted by Crippen LogP contribution is 2.60. The number of fused-ring (bicyclic) bond motifs is 1. The Morgan fingerprint density at radius 2 is 1.68 bits per heavy atom. The maximum absolute atomic E-state index is 13.6. The average molecular weight is 400 g/mol. The van der Waals surface area contributed by atoms with Crippen LogP contribution in [0.4, 0.5) is 5.69 Å². The first-order valence-corrected chi connectivity index (χ1v) is 10.9. The second-order valence-electron chi connectivity index (χ2n) is 6.43. The zero-order valence-corrected chi connectivity index (χ0v) is 17.2. The van der Waals surface area contributed by atoms with Crippen molar-refractivity contribution >= 4 is 24.2 Å². The van der Waals surface area contributed by atoms with Gasteiger partial charge in [-0.05, 0) is 50.4 Å². The minimum absolute atomic E-state index is 0.203. The number of benzene rings is 2. The predicted octanol–water partition coefficient (Wildman–Crippen LogP) is 5.21. The van der Waals surface area contributed by atoms with Crippen molar-refractivity contribution in [3.05, 3.63) is 76.1 Å². The first kappa shape index (κ1) is 20.3. The molecule has 0 radical (unpaired) electrons. The molecule has 2 N–H and O–H groups in total. The number of para-hydroxylation sites is 1. The summed E-state index contributed by atoms with van der Waals surface area (Å²) in [7, 11) is -3.66. The number of nitrogens with one attached hydrogen (secondary N) is 2. The van der Waals surface area contributed by atoms with Crippen molar-refractivity contribution in [2.75, 3.05) is 18.5 Å². The van der Waals surface area contributed by atoms with Crippen molar-refractivity contribution in [2.24, 2.45) is 0 Å². The molecular formula is C21H25N2O4P. The number of pyridine rings is 1. The Labute approximate surface area is 164 Å². The van der Waals surface area contributed by atoms with Gasteiger partial charge in [-0.2, -0.15) is 0 Å². The molecule has 0 fully saturated rings. The van der Waals surface area contributed by atoms with Gasteiger partial charge in [-0.3, -0.25) is 9.36 Å². The predicted molar refractivity (Wildman–Crippen MR) is 113 cm³/mol. The van der Waals surface area contributed by atoms with Crippen LogP contribution in [0, 0.1) is 6.92 Å². The SMILES string of the molecule is CCOP(=O)(OCC)C(Nc1ccc(C)cc1)c1cc2ccccc2[nH]c1=O. The molecule has 6 nitrogen and oxygen atoms in total. The van der Waals surface area contributed by atoms with E-state index in [9.17, 15) is 9.36 Å². The molecule has 0 saturated carbocycles. The van der Waals surface area contributed by atoms with Gasteiger partial charge in [0.1, 0.15) is 0 Å². The molecule has 7 heteroatoms. The van der Waals surface area contributed by atoms with Crippen LogP contribution in [0.3, 0.4) is 0 Å². The monoisotopic (exact) mass is 400 g/mol. The maximum atomic E-state index is 13.6. The molecule has 1 unspecified atom stereocenters. The molecule has 0 amide bonds. The third kappa shape index (κ3) is 4.36. The fourth-order valence-corrected chi connectivity index (χ4v) is 4.98. The summed E-state index contributed by atoms with van der Waals surface area (Å²) in [4.78, 5) is 15.7. The first-order valence-electron chi connectivity index (χ1n) is 9.31. The van der Waals surface area contributed by atoms with E-state index in [2.05, 4.69) is 10.3 Å². The van der Waals surface area contributed by atoms with Crippen LogP contribution < -0.4 is 10.9 Å². The van der Waals surface area contributed by atoms with Crippen LogP contribution in [0.1, 0.15) is 30.8 Å². The fraction of sp³-hybridized carbons (Fsp3) is 0.286. The summed E-state index contributed by atoms with van der Waals surface area (Å²) < 4.78 is 24.7. The number of aromatic amines is 1. The third-order valence-electron chi connectivity index (χ3n) is 4.37. The molecule has 28 heavy (non-hydrogen) atoms. The lowest BCUT2D eigenvalue weighted by molar-refractivity contribution is 0.214. The van der Waals surface area contributed by atoms with E-state index < -0.39 is 13.4 Å². The van der Waals surface area contributed by atoms with Crippen LogP contribution in [0.2, 0.25) is 0 Å². The van der Waals surface area contributed by atoms with Crippen molar-refractivity contribution in [2.45, 2.75) is 26.6 Å². The number of H-pyrrole nitrogens is 1. The second kappa shape index (κ2) is 8.74. The van der Waals surface area contributed by atoms with Crippen molar-refractivity contribution in [3.8, 4) is 0 Å². The molecule has 0 bridgehead atoms. The van der Waals surface area contributed by atoms with Gasteiger partial charge < -0.3 is 19.3 Å². The Morgan fingerprint density at radius 3 is 2.32 bits per heavy atom. The van der Waals surface area contributed by atoms with Crippen LogP contribution in [0.5, 0.6) is 0 Å². The van der Waals surface area contributed by atoms with Crippen LogP contribution in [0.25, 0.3) is 10.9 Å². The van der Waals surface area contributed by atoms with Crippen molar-refractivity contribution < 1.29 is 13.6 Å². The van der Waals surface area contributed by atoms with E-state index in [-0.39, 0.29) is 18.8 Å². The number of hydrogen-bond donors (Lipinski definition) is 2. The van der Waals surface area contributed by atoms with Gasteiger partial charge in [0.05, 0.1) is 18.8 Å². The summed E-state index contributed by atoms with van der Waals surface area (Å²) in [6.45, 7) is 5.89. The summed E-state index contributed by atoms with van der Waals surface area (Å²) >= 11 is 0. The maximum Gasteiger partial charge on any atom is 0.357 e. The Hall–Kier alpha value is -2.40. The van der Waals surface area contributed by atoms with Gasteiger partial charge in [-0.25, -0.2) is 0 Å². The van der Waals surface area contributed by atoms with E-state index in [1.54, 1.807) is 19.9 Å². The molecule has 3 rings (SSSR count). The van der Waals surface area contributed by atoms with Gasteiger partial charge in [0.25, 0.3) is 5.56 Å². The minimum atomic E-state index is -3.66. The smallest absolute Gasteiger partial charge is 0.357 e. The summed E-state index contributed by atoms with van der Waals surface area (Å²) in [5.41, 5.74) is 2.52. The lowest BCUT2D eigenvalue weighted by atomic mass is 10.1. The summed E-state index contributed by atoms with van der Waals surface area (Å²) in [6.07, 6.45) is 0. The van der Waals surface area contributed by atoms with Gasteiger partial charge in [0.2, 0.25) is 0 Å². The Balaban J connectivity index is 2.14. The average Bonchev–Trinajstić information content (AvgIpc) is 2.67. The van der Waals surface area contributed by atoms with Gasteiger partial charge in [0, 0.05) is 11.2 Å². The molecule has 1 heterocycles. The molecule has 1 atom stereocenters. The number of aryl methyl sites for hydroxylation is 1. The highest BCUT2D eigenvalue weighted by Gasteiger charge is 2.38. The molecule has 0 saturated heterocycles. The van der Waals surface area contributed by atoms with Crippen LogP contribution in [-0.2, 0) is 13.6 Å². The Bertz CT molecular complexity index is 1040. The lowest BCUT2D eigenvalue weighted by Crippen LogP contribution is -2.23. The van der Waals surface area contributed by atoms with Crippen LogP contribution >= 0.6 is 7.60 Å². The molecule has 148 valence electrons. The Kier molecular flexibility index (Phi) is 6.35.